The van der Waals surface area contributed by atoms with Crippen LogP contribution in [0.4, 0.5) is 0 Å². The van der Waals surface area contributed by atoms with E-state index in [1.54, 1.807) is 6.08 Å². The van der Waals surface area contributed by atoms with Gasteiger partial charge < -0.3 is 10.2 Å². The number of hydrogen-bond donors (Lipinski definition) is 2. The molecule has 0 rings (SSSR count). The van der Waals surface area contributed by atoms with Crippen LogP contribution in [0.25, 0.3) is 0 Å². The highest BCUT2D eigenvalue weighted by Gasteiger charge is 2.13. The van der Waals surface area contributed by atoms with Crippen molar-refractivity contribution in [3.8, 4) is 0 Å². The molecule has 0 saturated heterocycles. The van der Waals surface area contributed by atoms with E-state index in [0.717, 1.165) is 12.8 Å². The number of unbranched alkanes of at least 4 members (excludes halogenated alkanes) is 2. The second kappa shape index (κ2) is 7.32. The molecule has 2 heteroatoms. The van der Waals surface area contributed by atoms with Gasteiger partial charge in [-0.25, -0.2) is 0 Å². The van der Waals surface area contributed by atoms with Crippen molar-refractivity contribution in [3.05, 3.63) is 12.7 Å². The minimum absolute atomic E-state index is 0.0570. The predicted octanol–water partition coefficient (Wildman–Crippen LogP) is 1.72. The van der Waals surface area contributed by atoms with E-state index in [1.807, 2.05) is 0 Å². The lowest BCUT2D eigenvalue weighted by atomic mass is 9.96. The van der Waals surface area contributed by atoms with Crippen LogP contribution in [0.15, 0.2) is 12.7 Å². The van der Waals surface area contributed by atoms with Crippen LogP contribution in [0.2, 0.25) is 0 Å². The maximum absolute atomic E-state index is 9.30. The van der Waals surface area contributed by atoms with Crippen molar-refractivity contribution in [2.24, 2.45) is 5.92 Å². The molecule has 0 bridgehead atoms. The first kappa shape index (κ1) is 11.7. The molecular weight excluding hydrogens is 152 g/mol. The minimum Gasteiger partial charge on any atom is -0.394 e. The van der Waals surface area contributed by atoms with Crippen molar-refractivity contribution >= 4 is 0 Å². The summed E-state index contributed by atoms with van der Waals surface area (Å²) in [6, 6.07) is 0. The fourth-order valence-corrected chi connectivity index (χ4v) is 1.23. The molecule has 2 unspecified atom stereocenters. The summed E-state index contributed by atoms with van der Waals surface area (Å²) in [5, 5.41) is 18.0. The second-order valence-corrected chi connectivity index (χ2v) is 3.15. The van der Waals surface area contributed by atoms with Gasteiger partial charge in [0.2, 0.25) is 0 Å². The zero-order valence-corrected chi connectivity index (χ0v) is 7.87. The maximum atomic E-state index is 9.30. The lowest BCUT2D eigenvalue weighted by Gasteiger charge is -2.16. The molecule has 2 N–H and O–H groups in total. The van der Waals surface area contributed by atoms with E-state index >= 15 is 0 Å². The van der Waals surface area contributed by atoms with Crippen LogP contribution in [0, 0.1) is 5.92 Å². The SMILES string of the molecule is C=CC(CCCCC)C(O)CO. The molecule has 0 saturated carbocycles. The summed E-state index contributed by atoms with van der Waals surface area (Å²) in [6.07, 6.45) is 5.50. The van der Waals surface area contributed by atoms with Crippen molar-refractivity contribution in [1.82, 2.24) is 0 Å². The predicted molar refractivity (Wildman–Crippen MR) is 50.9 cm³/mol. The van der Waals surface area contributed by atoms with Crippen LogP contribution >= 0.6 is 0 Å². The Balaban J connectivity index is 3.59. The molecule has 0 aromatic carbocycles. The van der Waals surface area contributed by atoms with E-state index in [0.29, 0.717) is 0 Å². The Kier molecular flexibility index (Phi) is 7.11. The smallest absolute Gasteiger partial charge is 0.0833 e. The monoisotopic (exact) mass is 172 g/mol. The van der Waals surface area contributed by atoms with E-state index in [4.69, 9.17) is 5.11 Å². The number of aliphatic hydroxyl groups excluding tert-OH is 2. The van der Waals surface area contributed by atoms with Gasteiger partial charge in [-0.1, -0.05) is 32.3 Å². The topological polar surface area (TPSA) is 40.5 Å². The summed E-state index contributed by atoms with van der Waals surface area (Å²) in [6.45, 7) is 5.62. The Bertz CT molecular complexity index is 112. The summed E-state index contributed by atoms with van der Waals surface area (Å²) in [5.74, 6) is 0.0570. The molecule has 0 radical (unpaired) electrons. The largest absolute Gasteiger partial charge is 0.394 e. The Morgan fingerprint density at radius 3 is 2.50 bits per heavy atom. The summed E-state index contributed by atoms with van der Waals surface area (Å²) in [4.78, 5) is 0. The van der Waals surface area contributed by atoms with Crippen molar-refractivity contribution in [2.75, 3.05) is 6.61 Å². The highest BCUT2D eigenvalue weighted by Crippen LogP contribution is 2.14. The fraction of sp³-hybridized carbons (Fsp3) is 0.800. The van der Waals surface area contributed by atoms with Gasteiger partial charge in [0.15, 0.2) is 0 Å². The van der Waals surface area contributed by atoms with Gasteiger partial charge in [-0.2, -0.15) is 0 Å². The average Bonchev–Trinajstić information content (AvgIpc) is 2.11. The highest BCUT2D eigenvalue weighted by atomic mass is 16.3. The normalized spacial score (nSPS) is 15.6. The van der Waals surface area contributed by atoms with Gasteiger partial charge in [0.1, 0.15) is 0 Å². The fourth-order valence-electron chi connectivity index (χ4n) is 1.23. The first-order valence-electron chi connectivity index (χ1n) is 4.67. The molecule has 0 aliphatic carbocycles. The summed E-state index contributed by atoms with van der Waals surface area (Å²) < 4.78 is 0. The zero-order chi connectivity index (χ0) is 9.40. The van der Waals surface area contributed by atoms with Gasteiger partial charge in [-0.3, -0.25) is 0 Å². The van der Waals surface area contributed by atoms with Crippen LogP contribution in [0.3, 0.4) is 0 Å². The molecule has 0 aromatic heterocycles. The van der Waals surface area contributed by atoms with Crippen LogP contribution in [-0.4, -0.2) is 22.9 Å². The first-order chi connectivity index (χ1) is 5.76. The van der Waals surface area contributed by atoms with Crippen LogP contribution in [0.1, 0.15) is 32.6 Å². The minimum atomic E-state index is -0.626. The van der Waals surface area contributed by atoms with E-state index in [9.17, 15) is 5.11 Å². The van der Waals surface area contributed by atoms with Crippen molar-refractivity contribution in [3.63, 3.8) is 0 Å². The first-order valence-corrected chi connectivity index (χ1v) is 4.67. The summed E-state index contributed by atoms with van der Waals surface area (Å²) >= 11 is 0. The van der Waals surface area contributed by atoms with Gasteiger partial charge in [-0.05, 0) is 6.42 Å². The van der Waals surface area contributed by atoms with Crippen molar-refractivity contribution < 1.29 is 10.2 Å². The lowest BCUT2D eigenvalue weighted by molar-refractivity contribution is 0.0595. The molecule has 0 heterocycles. The summed E-state index contributed by atoms with van der Waals surface area (Å²) in [7, 11) is 0. The van der Waals surface area contributed by atoms with E-state index in [-0.39, 0.29) is 12.5 Å². The zero-order valence-electron chi connectivity index (χ0n) is 7.87. The van der Waals surface area contributed by atoms with Crippen molar-refractivity contribution in [2.45, 2.75) is 38.7 Å². The Morgan fingerprint density at radius 1 is 1.42 bits per heavy atom. The van der Waals surface area contributed by atoms with E-state index in [2.05, 4.69) is 13.5 Å². The Morgan fingerprint density at radius 2 is 2.08 bits per heavy atom. The third kappa shape index (κ3) is 4.52. The molecule has 0 aliphatic rings. The molecule has 2 atom stereocenters. The molecule has 72 valence electrons. The van der Waals surface area contributed by atoms with E-state index < -0.39 is 6.10 Å². The van der Waals surface area contributed by atoms with Crippen molar-refractivity contribution in [1.29, 1.82) is 0 Å². The van der Waals surface area contributed by atoms with E-state index in [1.165, 1.54) is 12.8 Å². The van der Waals surface area contributed by atoms with Gasteiger partial charge in [0.05, 0.1) is 12.7 Å². The molecule has 0 fully saturated rings. The number of rotatable bonds is 7. The molecular formula is C10H20O2. The summed E-state index contributed by atoms with van der Waals surface area (Å²) in [5.41, 5.74) is 0. The quantitative estimate of drug-likeness (QED) is 0.453. The maximum Gasteiger partial charge on any atom is 0.0833 e. The van der Waals surface area contributed by atoms with Gasteiger partial charge in [0, 0.05) is 5.92 Å². The van der Waals surface area contributed by atoms with Crippen LogP contribution in [-0.2, 0) is 0 Å². The van der Waals surface area contributed by atoms with Crippen LogP contribution < -0.4 is 0 Å². The number of hydrogen-bond acceptors (Lipinski definition) is 2. The van der Waals surface area contributed by atoms with Gasteiger partial charge in [0.25, 0.3) is 0 Å². The Hall–Kier alpha value is -0.340. The third-order valence-corrected chi connectivity index (χ3v) is 2.13. The molecule has 0 aliphatic heterocycles. The molecule has 0 amide bonds. The second-order valence-electron chi connectivity index (χ2n) is 3.15. The third-order valence-electron chi connectivity index (χ3n) is 2.13. The lowest BCUT2D eigenvalue weighted by Crippen LogP contribution is -2.22. The Labute approximate surface area is 74.9 Å². The van der Waals surface area contributed by atoms with Gasteiger partial charge in [-0.15, -0.1) is 6.58 Å². The molecule has 0 aromatic rings. The molecule has 2 nitrogen and oxygen atoms in total. The highest BCUT2D eigenvalue weighted by molar-refractivity contribution is 4.84. The molecule has 0 spiro atoms. The van der Waals surface area contributed by atoms with Gasteiger partial charge >= 0.3 is 0 Å². The molecule has 12 heavy (non-hydrogen) atoms. The van der Waals surface area contributed by atoms with Crippen LogP contribution in [0.5, 0.6) is 0 Å². The average molecular weight is 172 g/mol. The standard InChI is InChI=1S/C10H20O2/c1-3-5-6-7-9(4-2)10(12)8-11/h4,9-12H,2-3,5-8H2,1H3. The number of aliphatic hydroxyl groups is 2.